The van der Waals surface area contributed by atoms with Crippen LogP contribution >= 0.6 is 11.6 Å². The standard InChI is InChI=1S/C24H23ClN2O3/c1-16-8-11-20(14-22(16)25)27-23(28)17(2)30-21-12-9-19(10-13-21)24(29)26-15-18-6-4-3-5-7-18/h3-14,17H,15H2,1-2H3,(H,26,29)(H,27,28)/t17-/m1/s1. The zero-order valence-electron chi connectivity index (χ0n) is 16.8. The molecule has 5 nitrogen and oxygen atoms in total. The molecule has 0 saturated heterocycles. The lowest BCUT2D eigenvalue weighted by Gasteiger charge is -2.15. The maximum absolute atomic E-state index is 12.4. The lowest BCUT2D eigenvalue weighted by molar-refractivity contribution is -0.122. The first kappa shape index (κ1) is 21.4. The summed E-state index contributed by atoms with van der Waals surface area (Å²) in [5.74, 6) is 0.0336. The highest BCUT2D eigenvalue weighted by Crippen LogP contribution is 2.20. The van der Waals surface area contributed by atoms with Gasteiger partial charge in [-0.15, -0.1) is 0 Å². The largest absolute Gasteiger partial charge is 0.481 e. The normalized spacial score (nSPS) is 11.4. The van der Waals surface area contributed by atoms with Gasteiger partial charge in [0, 0.05) is 22.8 Å². The van der Waals surface area contributed by atoms with Crippen molar-refractivity contribution in [1.29, 1.82) is 0 Å². The third kappa shape index (κ3) is 5.84. The number of hydrogen-bond acceptors (Lipinski definition) is 3. The Kier molecular flexibility index (Phi) is 7.09. The molecule has 0 spiro atoms. The van der Waals surface area contributed by atoms with E-state index in [-0.39, 0.29) is 11.8 Å². The van der Waals surface area contributed by atoms with Gasteiger partial charge in [-0.3, -0.25) is 9.59 Å². The topological polar surface area (TPSA) is 67.4 Å². The fourth-order valence-electron chi connectivity index (χ4n) is 2.74. The molecule has 0 saturated carbocycles. The molecule has 0 unspecified atom stereocenters. The Hall–Kier alpha value is -3.31. The third-order valence-electron chi connectivity index (χ3n) is 4.53. The number of nitrogens with one attached hydrogen (secondary N) is 2. The van der Waals surface area contributed by atoms with Gasteiger partial charge in [0.2, 0.25) is 0 Å². The number of amides is 2. The molecular formula is C24H23ClN2O3. The highest BCUT2D eigenvalue weighted by molar-refractivity contribution is 6.31. The summed E-state index contributed by atoms with van der Waals surface area (Å²) in [6.45, 7) is 4.01. The predicted molar refractivity (Wildman–Crippen MR) is 119 cm³/mol. The minimum absolute atomic E-state index is 0.174. The monoisotopic (exact) mass is 422 g/mol. The van der Waals surface area contributed by atoms with E-state index < -0.39 is 6.10 Å². The minimum atomic E-state index is -0.720. The van der Waals surface area contributed by atoms with Gasteiger partial charge in [0.1, 0.15) is 5.75 Å². The molecule has 3 aromatic rings. The van der Waals surface area contributed by atoms with Crippen molar-refractivity contribution < 1.29 is 14.3 Å². The second-order valence-electron chi connectivity index (χ2n) is 6.91. The summed E-state index contributed by atoms with van der Waals surface area (Å²) in [6, 6.07) is 21.7. The van der Waals surface area contributed by atoms with E-state index in [1.54, 1.807) is 43.3 Å². The van der Waals surface area contributed by atoms with Crippen molar-refractivity contribution in [3.63, 3.8) is 0 Å². The van der Waals surface area contributed by atoms with E-state index in [1.165, 1.54) is 0 Å². The fraction of sp³-hybridized carbons (Fsp3) is 0.167. The van der Waals surface area contributed by atoms with E-state index in [0.29, 0.717) is 28.6 Å². The zero-order chi connectivity index (χ0) is 21.5. The number of halogens is 1. The van der Waals surface area contributed by atoms with E-state index in [0.717, 1.165) is 11.1 Å². The number of benzene rings is 3. The number of rotatable bonds is 7. The molecule has 6 heteroatoms. The molecule has 0 aliphatic carbocycles. The van der Waals surface area contributed by atoms with Crippen LogP contribution in [0.4, 0.5) is 5.69 Å². The molecule has 30 heavy (non-hydrogen) atoms. The molecule has 3 aromatic carbocycles. The van der Waals surface area contributed by atoms with Gasteiger partial charge in [-0.25, -0.2) is 0 Å². The maximum atomic E-state index is 12.4. The number of carbonyl (C=O) groups is 2. The third-order valence-corrected chi connectivity index (χ3v) is 4.94. The van der Waals surface area contributed by atoms with Gasteiger partial charge in [0.25, 0.3) is 11.8 Å². The Morgan fingerprint density at radius 3 is 2.37 bits per heavy atom. The average molecular weight is 423 g/mol. The lowest BCUT2D eigenvalue weighted by atomic mass is 10.2. The Labute approximate surface area is 181 Å². The molecule has 0 radical (unpaired) electrons. The maximum Gasteiger partial charge on any atom is 0.265 e. The predicted octanol–water partition coefficient (Wildman–Crippen LogP) is 4.98. The van der Waals surface area contributed by atoms with Crippen LogP contribution in [0.2, 0.25) is 5.02 Å². The molecular weight excluding hydrogens is 400 g/mol. The second-order valence-corrected chi connectivity index (χ2v) is 7.31. The van der Waals surface area contributed by atoms with E-state index in [2.05, 4.69) is 10.6 Å². The molecule has 154 valence electrons. The van der Waals surface area contributed by atoms with Crippen molar-refractivity contribution >= 4 is 29.1 Å². The van der Waals surface area contributed by atoms with Crippen molar-refractivity contribution in [2.75, 3.05) is 5.32 Å². The van der Waals surface area contributed by atoms with Crippen LogP contribution in [0.1, 0.15) is 28.4 Å². The van der Waals surface area contributed by atoms with Crippen LogP contribution in [-0.2, 0) is 11.3 Å². The van der Waals surface area contributed by atoms with Crippen molar-refractivity contribution in [2.24, 2.45) is 0 Å². The van der Waals surface area contributed by atoms with E-state index in [4.69, 9.17) is 16.3 Å². The van der Waals surface area contributed by atoms with Gasteiger partial charge >= 0.3 is 0 Å². The summed E-state index contributed by atoms with van der Waals surface area (Å²) < 4.78 is 5.69. The summed E-state index contributed by atoms with van der Waals surface area (Å²) in [7, 11) is 0. The molecule has 0 heterocycles. The number of carbonyl (C=O) groups excluding carboxylic acids is 2. The molecule has 2 amide bonds. The van der Waals surface area contributed by atoms with E-state index >= 15 is 0 Å². The molecule has 0 fully saturated rings. The van der Waals surface area contributed by atoms with Gasteiger partial charge < -0.3 is 15.4 Å². The average Bonchev–Trinajstić information content (AvgIpc) is 2.76. The van der Waals surface area contributed by atoms with Crippen LogP contribution in [-0.4, -0.2) is 17.9 Å². The van der Waals surface area contributed by atoms with Crippen LogP contribution < -0.4 is 15.4 Å². The lowest BCUT2D eigenvalue weighted by Crippen LogP contribution is -2.30. The summed E-state index contributed by atoms with van der Waals surface area (Å²) in [4.78, 5) is 24.7. The first-order chi connectivity index (χ1) is 14.4. The van der Waals surface area contributed by atoms with E-state index in [1.807, 2.05) is 43.3 Å². The smallest absolute Gasteiger partial charge is 0.265 e. The van der Waals surface area contributed by atoms with Gasteiger partial charge in [0.15, 0.2) is 6.10 Å². The summed E-state index contributed by atoms with van der Waals surface area (Å²) in [5.41, 5.74) is 3.09. The van der Waals surface area contributed by atoms with Gasteiger partial charge in [-0.05, 0) is 61.4 Å². The van der Waals surface area contributed by atoms with Crippen LogP contribution in [0.3, 0.4) is 0 Å². The number of ether oxygens (including phenoxy) is 1. The number of aryl methyl sites for hydroxylation is 1. The van der Waals surface area contributed by atoms with Gasteiger partial charge in [0.05, 0.1) is 0 Å². The first-order valence-electron chi connectivity index (χ1n) is 9.58. The molecule has 0 aliphatic heterocycles. The summed E-state index contributed by atoms with van der Waals surface area (Å²) in [5, 5.41) is 6.24. The van der Waals surface area contributed by atoms with Gasteiger partial charge in [-0.2, -0.15) is 0 Å². The Bertz CT molecular complexity index is 1020. The van der Waals surface area contributed by atoms with Crippen molar-refractivity contribution in [1.82, 2.24) is 5.32 Å². The quantitative estimate of drug-likeness (QED) is 0.564. The highest BCUT2D eigenvalue weighted by Gasteiger charge is 2.16. The van der Waals surface area contributed by atoms with Crippen LogP contribution in [0, 0.1) is 6.92 Å². The molecule has 0 aromatic heterocycles. The minimum Gasteiger partial charge on any atom is -0.481 e. The molecule has 3 rings (SSSR count). The van der Waals surface area contributed by atoms with Crippen LogP contribution in [0.25, 0.3) is 0 Å². The first-order valence-corrected chi connectivity index (χ1v) is 9.96. The Morgan fingerprint density at radius 1 is 1.00 bits per heavy atom. The molecule has 0 aliphatic rings. The number of anilines is 1. The zero-order valence-corrected chi connectivity index (χ0v) is 17.6. The SMILES string of the molecule is Cc1ccc(NC(=O)[C@@H](C)Oc2ccc(C(=O)NCc3ccccc3)cc2)cc1Cl. The highest BCUT2D eigenvalue weighted by atomic mass is 35.5. The molecule has 1 atom stereocenters. The summed E-state index contributed by atoms with van der Waals surface area (Å²) in [6.07, 6.45) is -0.720. The van der Waals surface area contributed by atoms with Crippen molar-refractivity contribution in [3.05, 3.63) is 94.5 Å². The van der Waals surface area contributed by atoms with Crippen molar-refractivity contribution in [2.45, 2.75) is 26.5 Å². The van der Waals surface area contributed by atoms with E-state index in [9.17, 15) is 9.59 Å². The van der Waals surface area contributed by atoms with Crippen LogP contribution in [0.15, 0.2) is 72.8 Å². The van der Waals surface area contributed by atoms with Crippen LogP contribution in [0.5, 0.6) is 5.75 Å². The Balaban J connectivity index is 1.53. The van der Waals surface area contributed by atoms with Crippen molar-refractivity contribution in [3.8, 4) is 5.75 Å². The molecule has 2 N–H and O–H groups in total. The Morgan fingerprint density at radius 2 is 1.70 bits per heavy atom. The van der Waals surface area contributed by atoms with Gasteiger partial charge in [-0.1, -0.05) is 48.0 Å². The second kappa shape index (κ2) is 9.94. The summed E-state index contributed by atoms with van der Waals surface area (Å²) >= 11 is 6.09. The fourth-order valence-corrected chi connectivity index (χ4v) is 2.92. The molecule has 0 bridgehead atoms. The number of hydrogen-bond donors (Lipinski definition) is 2.